The van der Waals surface area contributed by atoms with Crippen LogP contribution in [0.15, 0.2) is 54.6 Å². The highest BCUT2D eigenvalue weighted by Gasteiger charge is 2.18. The molecule has 23 heavy (non-hydrogen) atoms. The number of nitrogens with one attached hydrogen (secondary N) is 1. The van der Waals surface area contributed by atoms with Gasteiger partial charge in [-0.1, -0.05) is 43.3 Å². The molecule has 1 N–H and O–H groups in total. The van der Waals surface area contributed by atoms with E-state index in [4.69, 9.17) is 4.74 Å². The second kappa shape index (κ2) is 6.84. The van der Waals surface area contributed by atoms with Crippen LogP contribution in [-0.4, -0.2) is 13.0 Å². The van der Waals surface area contributed by atoms with Crippen molar-refractivity contribution >= 4 is 27.3 Å². The Kier molecular flexibility index (Phi) is 4.63. The minimum Gasteiger partial charge on any atom is -0.496 e. The number of benzene rings is 2. The predicted octanol–water partition coefficient (Wildman–Crippen LogP) is 4.79. The van der Waals surface area contributed by atoms with Gasteiger partial charge < -0.3 is 10.1 Å². The van der Waals surface area contributed by atoms with Crippen molar-refractivity contribution in [3.63, 3.8) is 0 Å². The molecule has 0 spiro atoms. The van der Waals surface area contributed by atoms with Crippen molar-refractivity contribution in [2.75, 3.05) is 7.11 Å². The number of fused-ring (bicyclic) bond motifs is 1. The van der Waals surface area contributed by atoms with Gasteiger partial charge in [0.05, 0.1) is 18.0 Å². The average molecular weight is 325 g/mol. The van der Waals surface area contributed by atoms with Gasteiger partial charge in [0.1, 0.15) is 5.75 Å². The first-order valence-corrected chi connectivity index (χ1v) is 8.47. The number of amides is 1. The van der Waals surface area contributed by atoms with E-state index in [0.717, 1.165) is 32.7 Å². The fraction of sp³-hybridized carbons (Fsp3) is 0.211. The molecule has 0 bridgehead atoms. The van der Waals surface area contributed by atoms with Gasteiger partial charge in [-0.15, -0.1) is 11.3 Å². The van der Waals surface area contributed by atoms with Crippen LogP contribution < -0.4 is 10.1 Å². The molecular formula is C19H19NO2S. The lowest BCUT2D eigenvalue weighted by molar-refractivity contribution is 0.0939. The Hall–Kier alpha value is -2.33. The van der Waals surface area contributed by atoms with E-state index in [0.29, 0.717) is 0 Å². The normalized spacial score (nSPS) is 12.1. The van der Waals surface area contributed by atoms with Crippen LogP contribution in [0.25, 0.3) is 10.1 Å². The summed E-state index contributed by atoms with van der Waals surface area (Å²) in [5.74, 6) is 0.764. The number of methoxy groups -OCH3 is 1. The highest BCUT2D eigenvalue weighted by molar-refractivity contribution is 7.20. The summed E-state index contributed by atoms with van der Waals surface area (Å²) in [6, 6.07) is 17.7. The van der Waals surface area contributed by atoms with Crippen LogP contribution in [-0.2, 0) is 0 Å². The van der Waals surface area contributed by atoms with Crippen molar-refractivity contribution in [2.45, 2.75) is 19.4 Å². The zero-order valence-corrected chi connectivity index (χ0v) is 14.0. The number of rotatable bonds is 5. The Labute approximate surface area is 139 Å². The molecule has 0 aliphatic rings. The number of carbonyl (C=O) groups is 1. The highest BCUT2D eigenvalue weighted by Crippen LogP contribution is 2.29. The molecular weight excluding hydrogens is 306 g/mol. The molecule has 3 nitrogen and oxygen atoms in total. The predicted molar refractivity (Wildman–Crippen MR) is 95.3 cm³/mol. The van der Waals surface area contributed by atoms with Gasteiger partial charge in [0.2, 0.25) is 0 Å². The van der Waals surface area contributed by atoms with Gasteiger partial charge in [0.15, 0.2) is 0 Å². The van der Waals surface area contributed by atoms with Gasteiger partial charge in [-0.25, -0.2) is 0 Å². The standard InChI is InChI=1S/C19H19NO2S/c1-3-15(14-9-5-6-10-16(14)22-2)20-19(21)18-12-13-8-4-7-11-17(13)23-18/h4-12,15H,3H2,1-2H3,(H,20,21). The van der Waals surface area contributed by atoms with E-state index in [-0.39, 0.29) is 11.9 Å². The van der Waals surface area contributed by atoms with E-state index < -0.39 is 0 Å². The van der Waals surface area contributed by atoms with Crippen LogP contribution in [0.2, 0.25) is 0 Å². The molecule has 1 atom stereocenters. The van der Waals surface area contributed by atoms with Gasteiger partial charge in [-0.05, 0) is 30.0 Å². The van der Waals surface area contributed by atoms with E-state index >= 15 is 0 Å². The topological polar surface area (TPSA) is 38.3 Å². The SMILES string of the molecule is CCC(NC(=O)c1cc2ccccc2s1)c1ccccc1OC. The Morgan fingerprint density at radius 3 is 2.65 bits per heavy atom. The monoisotopic (exact) mass is 325 g/mol. The summed E-state index contributed by atoms with van der Waals surface area (Å²) < 4.78 is 6.54. The number of thiophene rings is 1. The third-order valence-corrected chi connectivity index (χ3v) is 4.99. The summed E-state index contributed by atoms with van der Waals surface area (Å²) in [6.45, 7) is 2.06. The molecule has 0 fully saturated rings. The Balaban J connectivity index is 1.84. The molecule has 1 heterocycles. The lowest BCUT2D eigenvalue weighted by Gasteiger charge is -2.19. The largest absolute Gasteiger partial charge is 0.496 e. The van der Waals surface area contributed by atoms with Crippen molar-refractivity contribution in [3.8, 4) is 5.75 Å². The summed E-state index contributed by atoms with van der Waals surface area (Å²) in [5.41, 5.74) is 1.01. The van der Waals surface area contributed by atoms with E-state index in [1.54, 1.807) is 7.11 Å². The molecule has 0 aliphatic carbocycles. The number of hydrogen-bond acceptors (Lipinski definition) is 3. The first-order valence-electron chi connectivity index (χ1n) is 7.65. The molecule has 0 aliphatic heterocycles. The number of hydrogen-bond donors (Lipinski definition) is 1. The van der Waals surface area contributed by atoms with Crippen molar-refractivity contribution in [3.05, 3.63) is 65.0 Å². The van der Waals surface area contributed by atoms with Gasteiger partial charge >= 0.3 is 0 Å². The summed E-state index contributed by atoms with van der Waals surface area (Å²) in [5, 5.41) is 4.23. The molecule has 3 aromatic rings. The Bertz CT molecular complexity index is 792. The van der Waals surface area contributed by atoms with Crippen molar-refractivity contribution in [2.24, 2.45) is 0 Å². The molecule has 0 saturated carbocycles. The zero-order chi connectivity index (χ0) is 16.2. The maximum absolute atomic E-state index is 12.6. The Morgan fingerprint density at radius 1 is 1.17 bits per heavy atom. The molecule has 4 heteroatoms. The number of para-hydroxylation sites is 1. The minimum absolute atomic E-state index is 0.0380. The average Bonchev–Trinajstić information content (AvgIpc) is 3.03. The number of carbonyl (C=O) groups excluding carboxylic acids is 1. The second-order valence-electron chi connectivity index (χ2n) is 5.32. The molecule has 118 valence electrons. The van der Waals surface area contributed by atoms with Crippen LogP contribution >= 0.6 is 11.3 Å². The first kappa shape index (κ1) is 15.6. The quantitative estimate of drug-likeness (QED) is 0.732. The van der Waals surface area contributed by atoms with E-state index in [1.165, 1.54) is 11.3 Å². The van der Waals surface area contributed by atoms with Crippen molar-refractivity contribution in [1.29, 1.82) is 0 Å². The molecule has 0 radical (unpaired) electrons. The molecule has 3 rings (SSSR count). The van der Waals surface area contributed by atoms with E-state index in [1.807, 2.05) is 54.6 Å². The third-order valence-electron chi connectivity index (χ3n) is 3.88. The van der Waals surface area contributed by atoms with E-state index in [2.05, 4.69) is 12.2 Å². The van der Waals surface area contributed by atoms with Crippen LogP contribution in [0.3, 0.4) is 0 Å². The molecule has 2 aromatic carbocycles. The number of ether oxygens (including phenoxy) is 1. The van der Waals surface area contributed by atoms with Crippen LogP contribution in [0, 0.1) is 0 Å². The summed E-state index contributed by atoms with van der Waals surface area (Å²) in [6.07, 6.45) is 0.803. The maximum Gasteiger partial charge on any atom is 0.261 e. The van der Waals surface area contributed by atoms with Gasteiger partial charge in [0, 0.05) is 10.3 Å². The van der Waals surface area contributed by atoms with E-state index in [9.17, 15) is 4.79 Å². The van der Waals surface area contributed by atoms with Crippen LogP contribution in [0.4, 0.5) is 0 Å². The fourth-order valence-electron chi connectivity index (χ4n) is 2.68. The highest BCUT2D eigenvalue weighted by atomic mass is 32.1. The zero-order valence-electron chi connectivity index (χ0n) is 13.2. The molecule has 1 unspecified atom stereocenters. The van der Waals surface area contributed by atoms with Crippen molar-refractivity contribution in [1.82, 2.24) is 5.32 Å². The summed E-state index contributed by atoms with van der Waals surface area (Å²) >= 11 is 1.52. The lowest BCUT2D eigenvalue weighted by atomic mass is 10.0. The second-order valence-corrected chi connectivity index (χ2v) is 6.41. The molecule has 0 saturated heterocycles. The maximum atomic E-state index is 12.6. The third kappa shape index (κ3) is 3.22. The van der Waals surface area contributed by atoms with Crippen molar-refractivity contribution < 1.29 is 9.53 Å². The summed E-state index contributed by atoms with van der Waals surface area (Å²) in [7, 11) is 1.65. The smallest absolute Gasteiger partial charge is 0.261 e. The molecule has 1 amide bonds. The van der Waals surface area contributed by atoms with Gasteiger partial charge in [-0.2, -0.15) is 0 Å². The van der Waals surface area contributed by atoms with Crippen LogP contribution in [0.5, 0.6) is 5.75 Å². The first-order chi connectivity index (χ1) is 11.2. The van der Waals surface area contributed by atoms with Crippen LogP contribution in [0.1, 0.15) is 34.6 Å². The van der Waals surface area contributed by atoms with Gasteiger partial charge in [-0.3, -0.25) is 4.79 Å². The summed E-state index contributed by atoms with van der Waals surface area (Å²) in [4.78, 5) is 13.4. The fourth-order valence-corrected chi connectivity index (χ4v) is 3.64. The minimum atomic E-state index is -0.0659. The van der Waals surface area contributed by atoms with Gasteiger partial charge in [0.25, 0.3) is 5.91 Å². The lowest BCUT2D eigenvalue weighted by Crippen LogP contribution is -2.27. The molecule has 1 aromatic heterocycles. The Morgan fingerprint density at radius 2 is 1.91 bits per heavy atom.